The molecule has 7 heteroatoms. The highest BCUT2D eigenvalue weighted by Crippen LogP contribution is 2.33. The predicted molar refractivity (Wildman–Crippen MR) is 142 cm³/mol. The molecule has 3 rings (SSSR count). The SMILES string of the molecule is Cc1ccccc1/C(=C(\OC=O)C(C)Br)c1ccc(CN2CCN(C(=O)OC(C)(C)C)CC2)cc1. The molecule has 6 nitrogen and oxygen atoms in total. The number of amides is 1. The van der Waals surface area contributed by atoms with Gasteiger partial charge in [0, 0.05) is 38.3 Å². The minimum atomic E-state index is -0.481. The van der Waals surface area contributed by atoms with Crippen LogP contribution in [0.3, 0.4) is 0 Å². The smallest absolute Gasteiger partial charge is 0.410 e. The zero-order valence-electron chi connectivity index (χ0n) is 21.2. The van der Waals surface area contributed by atoms with Crippen LogP contribution < -0.4 is 0 Å². The second-order valence-corrected chi connectivity index (χ2v) is 11.2. The maximum Gasteiger partial charge on any atom is 0.410 e. The second kappa shape index (κ2) is 11.9. The summed E-state index contributed by atoms with van der Waals surface area (Å²) in [6, 6.07) is 16.5. The lowest BCUT2D eigenvalue weighted by Crippen LogP contribution is -2.49. The summed E-state index contributed by atoms with van der Waals surface area (Å²) in [4.78, 5) is 27.6. The molecule has 1 heterocycles. The number of benzene rings is 2. The molecule has 0 spiro atoms. The Morgan fingerprint density at radius 2 is 1.69 bits per heavy atom. The van der Waals surface area contributed by atoms with Crippen LogP contribution in [0, 0.1) is 6.92 Å². The van der Waals surface area contributed by atoms with Crippen LogP contribution in [0.4, 0.5) is 4.79 Å². The fourth-order valence-electron chi connectivity index (χ4n) is 4.14. The fraction of sp³-hybridized carbons (Fsp3) is 0.429. The molecule has 1 atom stereocenters. The number of rotatable bonds is 7. The third kappa shape index (κ3) is 7.42. The molecular formula is C28H35BrN2O4. The van der Waals surface area contributed by atoms with E-state index in [9.17, 15) is 9.59 Å². The number of allylic oxidation sites excluding steroid dienone is 1. The average Bonchev–Trinajstić information content (AvgIpc) is 2.80. The molecule has 1 unspecified atom stereocenters. The number of ether oxygens (including phenoxy) is 2. The van der Waals surface area contributed by atoms with E-state index in [-0.39, 0.29) is 10.9 Å². The van der Waals surface area contributed by atoms with Crippen LogP contribution in [-0.2, 0) is 20.8 Å². The number of aryl methyl sites for hydroxylation is 1. The summed E-state index contributed by atoms with van der Waals surface area (Å²) in [5.74, 6) is 0.584. The van der Waals surface area contributed by atoms with Gasteiger partial charge in [-0.25, -0.2) is 4.79 Å². The summed E-state index contributed by atoms with van der Waals surface area (Å²) in [6.45, 7) is 13.9. The molecule has 0 saturated carbocycles. The Balaban J connectivity index is 1.75. The molecule has 0 N–H and O–H groups in total. The van der Waals surface area contributed by atoms with Crippen molar-refractivity contribution in [3.8, 4) is 0 Å². The zero-order valence-corrected chi connectivity index (χ0v) is 22.8. The number of hydrogen-bond acceptors (Lipinski definition) is 5. The Morgan fingerprint density at radius 3 is 2.23 bits per heavy atom. The molecule has 0 bridgehead atoms. The molecule has 0 aromatic heterocycles. The number of halogens is 1. The van der Waals surface area contributed by atoms with E-state index in [0.29, 0.717) is 25.3 Å². The Bertz CT molecular complexity index is 1050. The van der Waals surface area contributed by atoms with Crippen molar-refractivity contribution in [1.29, 1.82) is 0 Å². The Hall–Kier alpha value is -2.64. The molecule has 2 aromatic rings. The van der Waals surface area contributed by atoms with Crippen LogP contribution in [0.25, 0.3) is 5.57 Å². The van der Waals surface area contributed by atoms with Gasteiger partial charge in [-0.05, 0) is 56.9 Å². The summed E-state index contributed by atoms with van der Waals surface area (Å²) in [5, 5.41) is 0. The van der Waals surface area contributed by atoms with Gasteiger partial charge in [0.25, 0.3) is 6.47 Å². The summed E-state index contributed by atoms with van der Waals surface area (Å²) < 4.78 is 10.9. The van der Waals surface area contributed by atoms with Crippen LogP contribution in [-0.4, -0.2) is 59.0 Å². The predicted octanol–water partition coefficient (Wildman–Crippen LogP) is 5.76. The number of nitrogens with zero attached hydrogens (tertiary/aromatic N) is 2. The van der Waals surface area contributed by atoms with Gasteiger partial charge in [0.2, 0.25) is 0 Å². The number of piperazine rings is 1. The van der Waals surface area contributed by atoms with Gasteiger partial charge >= 0.3 is 6.09 Å². The largest absolute Gasteiger partial charge is 0.444 e. The van der Waals surface area contributed by atoms with Gasteiger partial charge in [-0.15, -0.1) is 0 Å². The van der Waals surface area contributed by atoms with E-state index in [2.05, 4.69) is 58.1 Å². The van der Waals surface area contributed by atoms with E-state index in [4.69, 9.17) is 9.47 Å². The lowest BCUT2D eigenvalue weighted by atomic mass is 9.92. The van der Waals surface area contributed by atoms with Crippen molar-refractivity contribution in [3.05, 3.63) is 76.5 Å². The highest BCUT2D eigenvalue weighted by atomic mass is 79.9. The average molecular weight is 544 g/mol. The van der Waals surface area contributed by atoms with Crippen LogP contribution in [0.1, 0.15) is 49.9 Å². The van der Waals surface area contributed by atoms with Gasteiger partial charge in [0.05, 0.1) is 4.83 Å². The monoisotopic (exact) mass is 542 g/mol. The lowest BCUT2D eigenvalue weighted by molar-refractivity contribution is -0.125. The van der Waals surface area contributed by atoms with Gasteiger partial charge < -0.3 is 14.4 Å². The van der Waals surface area contributed by atoms with Crippen LogP contribution in [0.2, 0.25) is 0 Å². The van der Waals surface area contributed by atoms with Crippen molar-refractivity contribution >= 4 is 34.1 Å². The Labute approximate surface area is 217 Å². The van der Waals surface area contributed by atoms with Crippen molar-refractivity contribution in [1.82, 2.24) is 9.80 Å². The van der Waals surface area contributed by atoms with Crippen molar-refractivity contribution in [3.63, 3.8) is 0 Å². The summed E-state index contributed by atoms with van der Waals surface area (Å²) in [6.07, 6.45) is -0.244. The highest BCUT2D eigenvalue weighted by molar-refractivity contribution is 9.09. The first-order valence-electron chi connectivity index (χ1n) is 11.9. The fourth-order valence-corrected chi connectivity index (χ4v) is 4.47. The van der Waals surface area contributed by atoms with Crippen molar-refractivity contribution in [2.75, 3.05) is 26.2 Å². The van der Waals surface area contributed by atoms with Gasteiger partial charge in [0.1, 0.15) is 11.4 Å². The maximum absolute atomic E-state index is 12.3. The summed E-state index contributed by atoms with van der Waals surface area (Å²) in [7, 11) is 0. The third-order valence-corrected chi connectivity index (χ3v) is 6.29. The summed E-state index contributed by atoms with van der Waals surface area (Å²) >= 11 is 3.59. The van der Waals surface area contributed by atoms with Gasteiger partial charge in [-0.2, -0.15) is 0 Å². The van der Waals surface area contributed by atoms with Gasteiger partial charge in [-0.3, -0.25) is 9.69 Å². The van der Waals surface area contributed by atoms with E-state index < -0.39 is 5.60 Å². The van der Waals surface area contributed by atoms with Gasteiger partial charge in [0.15, 0.2) is 0 Å². The van der Waals surface area contributed by atoms with Crippen molar-refractivity contribution < 1.29 is 19.1 Å². The zero-order chi connectivity index (χ0) is 25.6. The van der Waals surface area contributed by atoms with E-state index in [1.807, 2.05) is 45.9 Å². The molecule has 0 aliphatic carbocycles. The minimum absolute atomic E-state index is 0.136. The standard InChI is InChI=1S/C28H35BrN2O4/c1-20-8-6-7-9-24(20)25(26(21(2)29)34-19-32)23-12-10-22(11-13-23)18-30-14-16-31(17-15-30)27(33)35-28(3,4)5/h6-13,19,21H,14-18H2,1-5H3/b26-25-. The molecule has 188 valence electrons. The molecule has 1 fully saturated rings. The van der Waals surface area contributed by atoms with Crippen LogP contribution in [0.15, 0.2) is 54.3 Å². The third-order valence-electron chi connectivity index (χ3n) is 5.87. The number of alkyl halides is 1. The molecule has 1 amide bonds. The van der Waals surface area contributed by atoms with Crippen LogP contribution >= 0.6 is 15.9 Å². The molecule has 1 aliphatic heterocycles. The maximum atomic E-state index is 12.3. The molecule has 0 radical (unpaired) electrons. The molecule has 1 aliphatic rings. The Morgan fingerprint density at radius 1 is 1.06 bits per heavy atom. The number of hydrogen-bond donors (Lipinski definition) is 0. The number of carbonyl (C=O) groups is 2. The highest BCUT2D eigenvalue weighted by Gasteiger charge is 2.26. The summed E-state index contributed by atoms with van der Waals surface area (Å²) in [5.41, 5.74) is 4.73. The molecule has 1 saturated heterocycles. The second-order valence-electron chi connectivity index (χ2n) is 9.82. The first kappa shape index (κ1) is 27.0. The van der Waals surface area contributed by atoms with Crippen molar-refractivity contribution in [2.45, 2.75) is 51.6 Å². The van der Waals surface area contributed by atoms with E-state index in [0.717, 1.165) is 41.9 Å². The Kier molecular flexibility index (Phi) is 9.14. The molecular weight excluding hydrogens is 508 g/mol. The van der Waals surface area contributed by atoms with E-state index in [1.54, 1.807) is 4.90 Å². The first-order valence-corrected chi connectivity index (χ1v) is 12.8. The minimum Gasteiger partial charge on any atom is -0.444 e. The molecule has 35 heavy (non-hydrogen) atoms. The topological polar surface area (TPSA) is 59.1 Å². The van der Waals surface area contributed by atoms with Gasteiger partial charge in [-0.1, -0.05) is 64.5 Å². The quantitative estimate of drug-likeness (QED) is 0.252. The molecule has 2 aromatic carbocycles. The normalized spacial score (nSPS) is 16.3. The first-order chi connectivity index (χ1) is 16.6. The van der Waals surface area contributed by atoms with E-state index in [1.165, 1.54) is 5.56 Å². The lowest BCUT2D eigenvalue weighted by Gasteiger charge is -2.35. The van der Waals surface area contributed by atoms with Crippen LogP contribution in [0.5, 0.6) is 0 Å². The number of carbonyl (C=O) groups excluding carboxylic acids is 2. The van der Waals surface area contributed by atoms with E-state index >= 15 is 0 Å². The van der Waals surface area contributed by atoms with Crippen molar-refractivity contribution in [2.24, 2.45) is 0 Å².